The van der Waals surface area contributed by atoms with Crippen molar-refractivity contribution in [1.82, 2.24) is 0 Å². The number of ether oxygens (including phenoxy) is 2. The molecule has 0 saturated heterocycles. The van der Waals surface area contributed by atoms with Crippen molar-refractivity contribution in [2.24, 2.45) is 0 Å². The fourth-order valence-corrected chi connectivity index (χ4v) is 1.82. The standard InChI is InChI=1S/C14H22O8/c1-3-5-6-7-14(4-2,21-12(19)8-10(15)16)22-13(20)9-11(17)18/h3-9H2,1-2H3,(H,15,16)(H,17,18). The van der Waals surface area contributed by atoms with Gasteiger partial charge in [-0.1, -0.05) is 26.7 Å². The van der Waals surface area contributed by atoms with E-state index in [1.165, 1.54) is 0 Å². The first-order valence-electron chi connectivity index (χ1n) is 7.12. The van der Waals surface area contributed by atoms with Crippen LogP contribution in [0.2, 0.25) is 0 Å². The Kier molecular flexibility index (Phi) is 8.81. The number of aliphatic carboxylic acids is 2. The minimum absolute atomic E-state index is 0.105. The van der Waals surface area contributed by atoms with Crippen LogP contribution in [0.5, 0.6) is 0 Å². The third-order valence-corrected chi connectivity index (χ3v) is 2.89. The van der Waals surface area contributed by atoms with Crippen LogP contribution in [0.25, 0.3) is 0 Å². The molecule has 0 spiro atoms. The summed E-state index contributed by atoms with van der Waals surface area (Å²) >= 11 is 0. The van der Waals surface area contributed by atoms with Gasteiger partial charge in [-0.3, -0.25) is 19.2 Å². The smallest absolute Gasteiger partial charge is 0.320 e. The predicted molar refractivity (Wildman–Crippen MR) is 73.9 cm³/mol. The molecule has 2 N–H and O–H groups in total. The Morgan fingerprint density at radius 3 is 1.64 bits per heavy atom. The predicted octanol–water partition coefficient (Wildman–Crippen LogP) is 1.71. The van der Waals surface area contributed by atoms with Crippen molar-refractivity contribution in [3.05, 3.63) is 0 Å². The maximum Gasteiger partial charge on any atom is 0.320 e. The molecule has 0 rings (SSSR count). The summed E-state index contributed by atoms with van der Waals surface area (Å²) in [6.45, 7) is 3.56. The maximum atomic E-state index is 11.6. The van der Waals surface area contributed by atoms with Gasteiger partial charge in [0.25, 0.3) is 5.79 Å². The van der Waals surface area contributed by atoms with E-state index in [9.17, 15) is 19.2 Å². The molecule has 8 heteroatoms. The lowest BCUT2D eigenvalue weighted by molar-refractivity contribution is -0.233. The minimum atomic E-state index is -1.62. The molecule has 0 heterocycles. The highest BCUT2D eigenvalue weighted by Gasteiger charge is 2.37. The van der Waals surface area contributed by atoms with Gasteiger partial charge in [0.1, 0.15) is 12.8 Å². The molecule has 0 aromatic rings. The monoisotopic (exact) mass is 318 g/mol. The zero-order chi connectivity index (χ0) is 17.2. The number of hydrogen-bond donors (Lipinski definition) is 2. The number of carbonyl (C=O) groups excluding carboxylic acids is 2. The Morgan fingerprint density at radius 2 is 1.32 bits per heavy atom. The van der Waals surface area contributed by atoms with Crippen LogP contribution >= 0.6 is 0 Å². The molecule has 0 aromatic heterocycles. The number of esters is 2. The lowest BCUT2D eigenvalue weighted by Gasteiger charge is -2.31. The highest BCUT2D eigenvalue weighted by molar-refractivity contribution is 5.91. The quantitative estimate of drug-likeness (QED) is 0.255. The third-order valence-electron chi connectivity index (χ3n) is 2.89. The zero-order valence-corrected chi connectivity index (χ0v) is 12.8. The average molecular weight is 318 g/mol. The molecule has 0 bridgehead atoms. The average Bonchev–Trinajstić information content (AvgIpc) is 2.36. The van der Waals surface area contributed by atoms with Crippen LogP contribution in [0.15, 0.2) is 0 Å². The van der Waals surface area contributed by atoms with Gasteiger partial charge in [-0.25, -0.2) is 0 Å². The van der Waals surface area contributed by atoms with Gasteiger partial charge >= 0.3 is 23.9 Å². The van der Waals surface area contributed by atoms with Crippen LogP contribution in [0.4, 0.5) is 0 Å². The fraction of sp³-hybridized carbons (Fsp3) is 0.714. The lowest BCUT2D eigenvalue weighted by atomic mass is 10.0. The van der Waals surface area contributed by atoms with Crippen molar-refractivity contribution in [3.8, 4) is 0 Å². The summed E-state index contributed by atoms with van der Waals surface area (Å²) in [5, 5.41) is 17.2. The molecule has 0 fully saturated rings. The number of unbranched alkanes of at least 4 members (excludes halogenated alkanes) is 2. The van der Waals surface area contributed by atoms with Gasteiger partial charge in [0.2, 0.25) is 0 Å². The topological polar surface area (TPSA) is 127 Å². The Labute approximate surface area is 128 Å². The number of carboxylic acids is 2. The van der Waals surface area contributed by atoms with Crippen LogP contribution in [0.1, 0.15) is 58.8 Å². The molecule has 0 aromatic carbocycles. The molecule has 0 aliphatic rings. The highest BCUT2D eigenvalue weighted by Crippen LogP contribution is 2.27. The summed E-state index contributed by atoms with van der Waals surface area (Å²) in [6.07, 6.45) is 0.852. The van der Waals surface area contributed by atoms with E-state index in [0.717, 1.165) is 12.8 Å². The molecule has 0 radical (unpaired) electrons. The molecular formula is C14H22O8. The summed E-state index contributed by atoms with van der Waals surface area (Å²) in [5.41, 5.74) is 0. The molecule has 0 saturated carbocycles. The second-order valence-corrected chi connectivity index (χ2v) is 4.81. The van der Waals surface area contributed by atoms with Crippen LogP contribution in [0, 0.1) is 0 Å². The van der Waals surface area contributed by atoms with E-state index in [0.29, 0.717) is 6.42 Å². The Morgan fingerprint density at radius 1 is 0.864 bits per heavy atom. The van der Waals surface area contributed by atoms with E-state index in [2.05, 4.69) is 0 Å². The molecule has 0 aliphatic heterocycles. The van der Waals surface area contributed by atoms with Gasteiger partial charge < -0.3 is 19.7 Å². The first-order valence-corrected chi connectivity index (χ1v) is 7.12. The summed E-state index contributed by atoms with van der Waals surface area (Å²) in [7, 11) is 0. The van der Waals surface area contributed by atoms with E-state index < -0.39 is 42.5 Å². The van der Waals surface area contributed by atoms with E-state index in [1.807, 2.05) is 6.92 Å². The van der Waals surface area contributed by atoms with Crippen LogP contribution in [0.3, 0.4) is 0 Å². The van der Waals surface area contributed by atoms with E-state index in [1.54, 1.807) is 6.92 Å². The fourth-order valence-electron chi connectivity index (χ4n) is 1.82. The summed E-state index contributed by atoms with van der Waals surface area (Å²) in [4.78, 5) is 44.2. The molecule has 0 amide bonds. The molecule has 126 valence electrons. The van der Waals surface area contributed by atoms with Crippen LogP contribution in [-0.4, -0.2) is 39.9 Å². The van der Waals surface area contributed by atoms with Crippen molar-refractivity contribution < 1.29 is 38.9 Å². The van der Waals surface area contributed by atoms with Gasteiger partial charge in [0.15, 0.2) is 0 Å². The van der Waals surface area contributed by atoms with Gasteiger partial charge in [-0.2, -0.15) is 0 Å². The molecule has 8 nitrogen and oxygen atoms in total. The number of carboxylic acid groups (broad SMARTS) is 2. The molecule has 0 unspecified atom stereocenters. The first-order chi connectivity index (χ1) is 10.2. The van der Waals surface area contributed by atoms with Crippen molar-refractivity contribution in [2.75, 3.05) is 0 Å². The van der Waals surface area contributed by atoms with E-state index in [-0.39, 0.29) is 12.8 Å². The number of hydrogen-bond acceptors (Lipinski definition) is 6. The maximum absolute atomic E-state index is 11.6. The Balaban J connectivity index is 4.98. The number of carbonyl (C=O) groups is 4. The van der Waals surface area contributed by atoms with Crippen molar-refractivity contribution in [3.63, 3.8) is 0 Å². The van der Waals surface area contributed by atoms with Crippen molar-refractivity contribution >= 4 is 23.9 Å². The summed E-state index contributed by atoms with van der Waals surface area (Å²) in [5.74, 6) is -6.40. The van der Waals surface area contributed by atoms with Crippen LogP contribution < -0.4 is 0 Å². The van der Waals surface area contributed by atoms with Gasteiger partial charge in [-0.05, 0) is 6.42 Å². The second-order valence-electron chi connectivity index (χ2n) is 4.81. The Hall–Kier alpha value is -2.12. The zero-order valence-electron chi connectivity index (χ0n) is 12.8. The molecule has 0 aliphatic carbocycles. The van der Waals surface area contributed by atoms with Gasteiger partial charge in [0, 0.05) is 12.8 Å². The first kappa shape index (κ1) is 19.9. The Bertz CT molecular complexity index is 385. The minimum Gasteiger partial charge on any atom is -0.481 e. The van der Waals surface area contributed by atoms with Crippen molar-refractivity contribution in [2.45, 2.75) is 64.6 Å². The normalized spacial score (nSPS) is 10.8. The number of rotatable bonds is 11. The van der Waals surface area contributed by atoms with Crippen molar-refractivity contribution in [1.29, 1.82) is 0 Å². The molecule has 0 atom stereocenters. The van der Waals surface area contributed by atoms with Crippen LogP contribution in [-0.2, 0) is 28.7 Å². The lowest BCUT2D eigenvalue weighted by Crippen LogP contribution is -2.40. The van der Waals surface area contributed by atoms with Gasteiger partial charge in [-0.15, -0.1) is 0 Å². The second kappa shape index (κ2) is 9.75. The van der Waals surface area contributed by atoms with E-state index >= 15 is 0 Å². The molecule has 22 heavy (non-hydrogen) atoms. The summed E-state index contributed by atoms with van der Waals surface area (Å²) in [6, 6.07) is 0. The third kappa shape index (κ3) is 8.23. The SMILES string of the molecule is CCCCCC(CC)(OC(=O)CC(=O)O)OC(=O)CC(=O)O. The van der Waals surface area contributed by atoms with Gasteiger partial charge in [0.05, 0.1) is 0 Å². The largest absolute Gasteiger partial charge is 0.481 e. The highest BCUT2D eigenvalue weighted by atomic mass is 16.7. The van der Waals surface area contributed by atoms with E-state index in [4.69, 9.17) is 19.7 Å². The summed E-state index contributed by atoms with van der Waals surface area (Å²) < 4.78 is 10.1. The molecular weight excluding hydrogens is 296 g/mol.